The Hall–Kier alpha value is -2.68. The van der Waals surface area contributed by atoms with E-state index in [1.807, 2.05) is 4.90 Å². The molecule has 0 spiro atoms. The van der Waals surface area contributed by atoms with Crippen molar-refractivity contribution in [3.63, 3.8) is 0 Å². The lowest BCUT2D eigenvalue weighted by Crippen LogP contribution is -2.43. The van der Waals surface area contributed by atoms with Crippen LogP contribution in [0.3, 0.4) is 0 Å². The number of halogens is 6. The maximum atomic E-state index is 15.6. The first-order valence-electron chi connectivity index (χ1n) is 13.7. The lowest BCUT2D eigenvalue weighted by molar-refractivity contribution is -0.274. The quantitative estimate of drug-likeness (QED) is 0.357. The number of ether oxygens (including phenoxy) is 3. The van der Waals surface area contributed by atoms with Crippen LogP contribution in [-0.2, 0) is 4.74 Å². The van der Waals surface area contributed by atoms with Crippen LogP contribution in [0, 0.1) is 5.82 Å². The molecule has 0 aliphatic carbocycles. The molecule has 0 saturated carbocycles. The molecule has 42 heavy (non-hydrogen) atoms. The standard InChI is InChI=1S/C27H33BrF5N5O4/c1-25(2,3)42-24(39)37-9-6-16(13-37)36(4)22-17-10-18(41-27(31,32)33)19(28)20(30)21(17)34-23(35-22)40-14-26-7-5-8-38(26)12-15(29)11-26/h10,15-16H,5-9,11-14H2,1-4H3/t15-,16-,26+/m1/s1. The third kappa shape index (κ3) is 6.31. The van der Waals surface area contributed by atoms with Gasteiger partial charge in [-0.2, -0.15) is 9.97 Å². The Bertz CT molecular complexity index is 1360. The number of hydrogen-bond acceptors (Lipinski definition) is 8. The molecular weight excluding hydrogens is 633 g/mol. The summed E-state index contributed by atoms with van der Waals surface area (Å²) in [6, 6.07) is 0.507. The number of aromatic nitrogens is 2. The maximum absolute atomic E-state index is 15.6. The highest BCUT2D eigenvalue weighted by Crippen LogP contribution is 2.42. The summed E-state index contributed by atoms with van der Waals surface area (Å²) in [4.78, 5) is 26.6. The number of nitrogens with zero attached hydrogens (tertiary/aromatic N) is 5. The number of likely N-dealkylation sites (tertiary alicyclic amines) is 1. The molecule has 3 fully saturated rings. The molecule has 3 aliphatic heterocycles. The molecule has 232 valence electrons. The van der Waals surface area contributed by atoms with Gasteiger partial charge in [0.15, 0.2) is 5.82 Å². The average Bonchev–Trinajstić information content (AvgIpc) is 3.58. The van der Waals surface area contributed by atoms with Crippen LogP contribution in [0.25, 0.3) is 10.9 Å². The molecule has 1 aromatic heterocycles. The van der Waals surface area contributed by atoms with Crippen LogP contribution in [0.5, 0.6) is 11.8 Å². The van der Waals surface area contributed by atoms with Crippen molar-refractivity contribution in [2.24, 2.45) is 0 Å². The van der Waals surface area contributed by atoms with E-state index in [4.69, 9.17) is 9.47 Å². The third-order valence-electron chi connectivity index (χ3n) is 7.95. The highest BCUT2D eigenvalue weighted by atomic mass is 79.9. The van der Waals surface area contributed by atoms with E-state index >= 15 is 4.39 Å². The zero-order valence-electron chi connectivity index (χ0n) is 23.7. The minimum Gasteiger partial charge on any atom is -0.461 e. The number of alkyl halides is 4. The van der Waals surface area contributed by atoms with E-state index in [0.29, 0.717) is 25.9 Å². The summed E-state index contributed by atoms with van der Waals surface area (Å²) in [5, 5.41) is -0.0362. The van der Waals surface area contributed by atoms with Gasteiger partial charge in [0.1, 0.15) is 35.5 Å². The Morgan fingerprint density at radius 1 is 1.21 bits per heavy atom. The lowest BCUT2D eigenvalue weighted by atomic mass is 9.95. The molecular formula is C27H33BrF5N5O4. The number of carbonyl (C=O) groups excluding carboxylic acids is 1. The van der Waals surface area contributed by atoms with E-state index in [-0.39, 0.29) is 41.9 Å². The van der Waals surface area contributed by atoms with E-state index in [1.165, 1.54) is 4.90 Å². The summed E-state index contributed by atoms with van der Waals surface area (Å²) in [6.07, 6.45) is -4.12. The van der Waals surface area contributed by atoms with Crippen LogP contribution >= 0.6 is 15.9 Å². The monoisotopic (exact) mass is 665 g/mol. The SMILES string of the molecule is CN(c1nc(OC[C@@]23CCCN2C[C@H](F)C3)nc2c(F)c(Br)c(OC(F)(F)F)cc12)[C@@H]1CCN(C(=O)OC(C)(C)C)C1. The largest absolute Gasteiger partial charge is 0.573 e. The fraction of sp³-hybridized carbons (Fsp3) is 0.667. The van der Waals surface area contributed by atoms with E-state index in [1.54, 1.807) is 32.7 Å². The van der Waals surface area contributed by atoms with E-state index < -0.39 is 45.8 Å². The average molecular weight is 666 g/mol. The van der Waals surface area contributed by atoms with Gasteiger partial charge in [-0.05, 0) is 68.6 Å². The van der Waals surface area contributed by atoms with Crippen LogP contribution in [0.2, 0.25) is 0 Å². The molecule has 1 aromatic carbocycles. The van der Waals surface area contributed by atoms with Crippen molar-refractivity contribution in [1.29, 1.82) is 0 Å². The Balaban J connectivity index is 1.49. The number of benzene rings is 1. The Morgan fingerprint density at radius 3 is 2.64 bits per heavy atom. The first-order chi connectivity index (χ1) is 19.6. The van der Waals surface area contributed by atoms with Crippen LogP contribution in [0.4, 0.5) is 32.6 Å². The molecule has 3 saturated heterocycles. The summed E-state index contributed by atoms with van der Waals surface area (Å²) in [5.41, 5.74) is -1.49. The van der Waals surface area contributed by atoms with Gasteiger partial charge < -0.3 is 24.0 Å². The first-order valence-corrected chi connectivity index (χ1v) is 14.5. The fourth-order valence-electron chi connectivity index (χ4n) is 6.05. The molecule has 5 rings (SSSR count). The number of hydrogen-bond donors (Lipinski definition) is 0. The molecule has 2 aromatic rings. The number of likely N-dealkylation sites (N-methyl/N-ethyl adjacent to an activating group) is 1. The second kappa shape index (κ2) is 11.1. The van der Waals surface area contributed by atoms with Gasteiger partial charge in [-0.1, -0.05) is 0 Å². The van der Waals surface area contributed by atoms with Gasteiger partial charge in [0.05, 0.1) is 10.0 Å². The van der Waals surface area contributed by atoms with Crippen molar-refractivity contribution >= 4 is 38.7 Å². The zero-order chi connectivity index (χ0) is 30.6. The van der Waals surface area contributed by atoms with Crippen molar-refractivity contribution in [2.45, 2.75) is 76.2 Å². The molecule has 0 radical (unpaired) electrons. The summed E-state index contributed by atoms with van der Waals surface area (Å²) in [5.74, 6) is -1.78. The van der Waals surface area contributed by atoms with E-state index in [2.05, 4.69) is 30.6 Å². The van der Waals surface area contributed by atoms with Crippen molar-refractivity contribution < 1.29 is 41.0 Å². The molecule has 3 atom stereocenters. The minimum absolute atomic E-state index is 0.0362. The van der Waals surface area contributed by atoms with Crippen LogP contribution in [-0.4, -0.2) is 95.4 Å². The zero-order valence-corrected chi connectivity index (χ0v) is 25.3. The summed E-state index contributed by atoms with van der Waals surface area (Å²) < 4.78 is 84.2. The Labute approximate surface area is 248 Å². The molecule has 3 aliphatic rings. The van der Waals surface area contributed by atoms with Crippen molar-refractivity contribution in [3.8, 4) is 11.8 Å². The summed E-state index contributed by atoms with van der Waals surface area (Å²) >= 11 is 2.87. The van der Waals surface area contributed by atoms with E-state index in [9.17, 15) is 22.4 Å². The topological polar surface area (TPSA) is 80.3 Å². The molecule has 9 nitrogen and oxygen atoms in total. The van der Waals surface area contributed by atoms with Crippen molar-refractivity contribution in [2.75, 3.05) is 44.7 Å². The van der Waals surface area contributed by atoms with Crippen molar-refractivity contribution in [1.82, 2.24) is 19.8 Å². The highest BCUT2D eigenvalue weighted by Gasteiger charge is 2.49. The minimum atomic E-state index is -5.07. The van der Waals surface area contributed by atoms with Gasteiger partial charge in [-0.15, -0.1) is 13.2 Å². The van der Waals surface area contributed by atoms with Crippen molar-refractivity contribution in [3.05, 3.63) is 16.4 Å². The number of fused-ring (bicyclic) bond motifs is 2. The second-order valence-electron chi connectivity index (χ2n) is 12.1. The Morgan fingerprint density at radius 2 is 1.95 bits per heavy atom. The predicted octanol–water partition coefficient (Wildman–Crippen LogP) is 5.83. The smallest absolute Gasteiger partial charge is 0.461 e. The first kappa shape index (κ1) is 30.8. The molecule has 1 amide bonds. The van der Waals surface area contributed by atoms with Gasteiger partial charge in [-0.3, -0.25) is 4.90 Å². The van der Waals surface area contributed by atoms with Gasteiger partial charge >= 0.3 is 18.5 Å². The molecule has 4 heterocycles. The molecule has 0 unspecified atom stereocenters. The van der Waals surface area contributed by atoms with Gasteiger partial charge in [0.25, 0.3) is 0 Å². The number of anilines is 1. The predicted molar refractivity (Wildman–Crippen MR) is 147 cm³/mol. The maximum Gasteiger partial charge on any atom is 0.573 e. The van der Waals surface area contributed by atoms with Gasteiger partial charge in [0, 0.05) is 44.5 Å². The molecule has 0 N–H and O–H groups in total. The van der Waals surface area contributed by atoms with Crippen LogP contribution < -0.4 is 14.4 Å². The highest BCUT2D eigenvalue weighted by molar-refractivity contribution is 9.10. The summed E-state index contributed by atoms with van der Waals surface area (Å²) in [7, 11) is 1.65. The van der Waals surface area contributed by atoms with Crippen LogP contribution in [0.1, 0.15) is 46.5 Å². The number of carbonyl (C=O) groups is 1. The molecule has 15 heteroatoms. The molecule has 0 bridgehead atoms. The van der Waals surface area contributed by atoms with Gasteiger partial charge in [-0.25, -0.2) is 13.6 Å². The van der Waals surface area contributed by atoms with Gasteiger partial charge in [0.2, 0.25) is 0 Å². The van der Waals surface area contributed by atoms with E-state index in [0.717, 1.165) is 25.5 Å². The normalized spacial score (nSPS) is 24.8. The Kier molecular flexibility index (Phi) is 8.14. The lowest BCUT2D eigenvalue weighted by Gasteiger charge is -2.31. The fourth-order valence-corrected chi connectivity index (χ4v) is 6.43. The van der Waals surface area contributed by atoms with Crippen LogP contribution in [0.15, 0.2) is 10.5 Å². The number of rotatable bonds is 6. The number of amides is 1. The second-order valence-corrected chi connectivity index (χ2v) is 12.9. The third-order valence-corrected chi connectivity index (χ3v) is 8.69. The summed E-state index contributed by atoms with van der Waals surface area (Å²) in [6.45, 7) is 7.04.